The van der Waals surface area contributed by atoms with Crippen LogP contribution < -0.4 is 5.32 Å². The Balaban J connectivity index is 1.27. The lowest BCUT2D eigenvalue weighted by Gasteiger charge is -2.19. The first-order chi connectivity index (χ1) is 17.2. The minimum absolute atomic E-state index is 0.0497. The van der Waals surface area contributed by atoms with Crippen LogP contribution in [0.1, 0.15) is 28.6 Å². The zero-order chi connectivity index (χ0) is 24.0. The SMILES string of the molecule is Cn1c(Cc2cccc3ccccc23)nnc1SCC(=O)NC(c1ccccc1)c1ccccc1. The Hall–Kier alpha value is -3.90. The average Bonchev–Trinajstić information content (AvgIpc) is 3.26. The molecule has 35 heavy (non-hydrogen) atoms. The molecular weight excluding hydrogens is 452 g/mol. The Kier molecular flexibility index (Phi) is 6.91. The Labute approximate surface area is 209 Å². The average molecular weight is 479 g/mol. The molecule has 4 aromatic carbocycles. The maximum Gasteiger partial charge on any atom is 0.231 e. The normalized spacial score (nSPS) is 11.1. The van der Waals surface area contributed by atoms with Crippen LogP contribution in [0.5, 0.6) is 0 Å². The van der Waals surface area contributed by atoms with E-state index < -0.39 is 0 Å². The van der Waals surface area contributed by atoms with Crippen LogP contribution >= 0.6 is 11.8 Å². The molecule has 0 fully saturated rings. The zero-order valence-corrected chi connectivity index (χ0v) is 20.3. The number of aromatic nitrogens is 3. The standard InChI is InChI=1S/C29H26N4OS/c1-33-26(19-24-17-10-16-21-11-8-9-18-25(21)24)31-32-29(33)35-20-27(34)30-28(22-12-4-2-5-13-22)23-14-6-3-7-15-23/h2-18,28H,19-20H2,1H3,(H,30,34). The predicted molar refractivity (Wildman–Crippen MR) is 141 cm³/mol. The molecule has 0 atom stereocenters. The largest absolute Gasteiger partial charge is 0.344 e. The fourth-order valence-corrected chi connectivity index (χ4v) is 4.97. The molecule has 0 radical (unpaired) electrons. The summed E-state index contributed by atoms with van der Waals surface area (Å²) in [6.07, 6.45) is 0.682. The number of carbonyl (C=O) groups excluding carboxylic acids is 1. The molecule has 1 aromatic heterocycles. The van der Waals surface area contributed by atoms with Crippen molar-refractivity contribution in [2.24, 2.45) is 7.05 Å². The fourth-order valence-electron chi connectivity index (χ4n) is 4.22. The third-order valence-electron chi connectivity index (χ3n) is 6.06. The molecule has 0 unspecified atom stereocenters. The summed E-state index contributed by atoms with van der Waals surface area (Å²) in [6, 6.07) is 34.5. The van der Waals surface area contributed by atoms with E-state index in [-0.39, 0.29) is 17.7 Å². The van der Waals surface area contributed by atoms with E-state index in [4.69, 9.17) is 0 Å². The van der Waals surface area contributed by atoms with Crippen molar-refractivity contribution in [3.8, 4) is 0 Å². The first-order valence-electron chi connectivity index (χ1n) is 11.6. The summed E-state index contributed by atoms with van der Waals surface area (Å²) in [6.45, 7) is 0. The molecule has 174 valence electrons. The van der Waals surface area contributed by atoms with Gasteiger partial charge in [0.2, 0.25) is 5.91 Å². The third kappa shape index (κ3) is 5.28. The summed E-state index contributed by atoms with van der Waals surface area (Å²) in [4.78, 5) is 12.9. The Morgan fingerprint density at radius 1 is 0.829 bits per heavy atom. The van der Waals surface area contributed by atoms with Crippen molar-refractivity contribution in [1.82, 2.24) is 20.1 Å². The highest BCUT2D eigenvalue weighted by Gasteiger charge is 2.18. The maximum absolute atomic E-state index is 12.9. The van der Waals surface area contributed by atoms with Crippen molar-refractivity contribution in [2.75, 3.05) is 5.75 Å². The number of nitrogens with one attached hydrogen (secondary N) is 1. The van der Waals surface area contributed by atoms with Crippen molar-refractivity contribution < 1.29 is 4.79 Å². The summed E-state index contributed by atoms with van der Waals surface area (Å²) in [5, 5.41) is 15.1. The molecule has 6 heteroatoms. The van der Waals surface area contributed by atoms with Gasteiger partial charge in [0, 0.05) is 13.5 Å². The molecule has 5 rings (SSSR count). The van der Waals surface area contributed by atoms with Crippen LogP contribution in [0.15, 0.2) is 108 Å². The van der Waals surface area contributed by atoms with E-state index in [0.29, 0.717) is 6.42 Å². The molecule has 0 aliphatic heterocycles. The molecule has 1 amide bonds. The number of thioether (sulfide) groups is 1. The van der Waals surface area contributed by atoms with Gasteiger partial charge >= 0.3 is 0 Å². The minimum Gasteiger partial charge on any atom is -0.344 e. The monoisotopic (exact) mass is 478 g/mol. The number of amides is 1. The lowest BCUT2D eigenvalue weighted by Crippen LogP contribution is -2.30. The topological polar surface area (TPSA) is 59.8 Å². The van der Waals surface area contributed by atoms with Crippen molar-refractivity contribution in [3.63, 3.8) is 0 Å². The molecule has 5 aromatic rings. The minimum atomic E-state index is -0.202. The Morgan fingerprint density at radius 2 is 1.46 bits per heavy atom. The highest BCUT2D eigenvalue weighted by molar-refractivity contribution is 7.99. The number of rotatable bonds is 8. The van der Waals surface area contributed by atoms with Gasteiger partial charge in [0.1, 0.15) is 5.82 Å². The van der Waals surface area contributed by atoms with Crippen LogP contribution in [0.3, 0.4) is 0 Å². The predicted octanol–water partition coefficient (Wildman–Crippen LogP) is 5.56. The van der Waals surface area contributed by atoms with Gasteiger partial charge in [0.05, 0.1) is 11.8 Å². The van der Waals surface area contributed by atoms with E-state index in [1.807, 2.05) is 78.3 Å². The van der Waals surface area contributed by atoms with E-state index in [0.717, 1.165) is 22.1 Å². The molecule has 0 aliphatic rings. The number of fused-ring (bicyclic) bond motifs is 1. The van der Waals surface area contributed by atoms with Crippen LogP contribution in [0, 0.1) is 0 Å². The van der Waals surface area contributed by atoms with Crippen LogP contribution in [0.4, 0.5) is 0 Å². The molecule has 1 N–H and O–H groups in total. The van der Waals surface area contributed by atoms with Gasteiger partial charge in [-0.1, -0.05) is 115 Å². The molecule has 5 nitrogen and oxygen atoms in total. The van der Waals surface area contributed by atoms with Gasteiger partial charge < -0.3 is 9.88 Å². The molecule has 0 saturated heterocycles. The summed E-state index contributed by atoms with van der Waals surface area (Å²) < 4.78 is 1.98. The van der Waals surface area contributed by atoms with E-state index in [2.05, 4.69) is 51.9 Å². The summed E-state index contributed by atoms with van der Waals surface area (Å²) in [5.74, 6) is 1.08. The molecular formula is C29H26N4OS. The number of benzene rings is 4. The van der Waals surface area contributed by atoms with Gasteiger partial charge in [0.25, 0.3) is 0 Å². The summed E-state index contributed by atoms with van der Waals surface area (Å²) in [5.41, 5.74) is 3.31. The van der Waals surface area contributed by atoms with Crippen LogP contribution in [-0.4, -0.2) is 26.4 Å². The first kappa shape index (κ1) is 22.9. The highest BCUT2D eigenvalue weighted by Crippen LogP contribution is 2.24. The number of carbonyl (C=O) groups is 1. The smallest absolute Gasteiger partial charge is 0.231 e. The van der Waals surface area contributed by atoms with Crippen LogP contribution in [0.25, 0.3) is 10.8 Å². The Morgan fingerprint density at radius 3 is 2.17 bits per heavy atom. The zero-order valence-electron chi connectivity index (χ0n) is 19.5. The molecule has 0 spiro atoms. The van der Waals surface area contributed by atoms with Crippen LogP contribution in [0.2, 0.25) is 0 Å². The summed E-state index contributed by atoms with van der Waals surface area (Å²) in [7, 11) is 1.96. The van der Waals surface area contributed by atoms with E-state index in [1.54, 1.807) is 0 Å². The van der Waals surface area contributed by atoms with Gasteiger partial charge in [0.15, 0.2) is 5.16 Å². The fraction of sp³-hybridized carbons (Fsp3) is 0.138. The third-order valence-corrected chi connectivity index (χ3v) is 7.08. The van der Waals surface area contributed by atoms with Crippen molar-refractivity contribution in [3.05, 3.63) is 126 Å². The van der Waals surface area contributed by atoms with Gasteiger partial charge in [-0.3, -0.25) is 4.79 Å². The summed E-state index contributed by atoms with van der Waals surface area (Å²) >= 11 is 1.40. The lowest BCUT2D eigenvalue weighted by atomic mass is 9.99. The van der Waals surface area contributed by atoms with Gasteiger partial charge in [-0.25, -0.2) is 0 Å². The van der Waals surface area contributed by atoms with Crippen molar-refractivity contribution in [1.29, 1.82) is 0 Å². The molecule has 0 saturated carbocycles. The molecule has 0 bridgehead atoms. The number of nitrogens with zero attached hydrogens (tertiary/aromatic N) is 3. The second-order valence-corrected chi connectivity index (χ2v) is 9.33. The van der Waals surface area contributed by atoms with Gasteiger partial charge in [-0.05, 0) is 27.5 Å². The lowest BCUT2D eigenvalue weighted by molar-refractivity contribution is -0.119. The second kappa shape index (κ2) is 10.6. The van der Waals surface area contributed by atoms with Gasteiger partial charge in [-0.15, -0.1) is 10.2 Å². The highest BCUT2D eigenvalue weighted by atomic mass is 32.2. The van der Waals surface area contributed by atoms with E-state index >= 15 is 0 Å². The second-order valence-electron chi connectivity index (χ2n) is 8.38. The Bertz CT molecular complexity index is 1390. The number of hydrogen-bond donors (Lipinski definition) is 1. The van der Waals surface area contributed by atoms with Crippen molar-refractivity contribution >= 4 is 28.4 Å². The van der Waals surface area contributed by atoms with E-state index in [9.17, 15) is 4.79 Å². The maximum atomic E-state index is 12.9. The first-order valence-corrected chi connectivity index (χ1v) is 12.5. The van der Waals surface area contributed by atoms with Crippen molar-refractivity contribution in [2.45, 2.75) is 17.6 Å². The van der Waals surface area contributed by atoms with Crippen LogP contribution in [-0.2, 0) is 18.3 Å². The number of hydrogen-bond acceptors (Lipinski definition) is 4. The van der Waals surface area contributed by atoms with E-state index in [1.165, 1.54) is 28.1 Å². The quantitative estimate of drug-likeness (QED) is 0.297. The molecule has 0 aliphatic carbocycles. The molecule has 1 heterocycles. The van der Waals surface area contributed by atoms with Gasteiger partial charge in [-0.2, -0.15) is 0 Å².